The van der Waals surface area contributed by atoms with Crippen molar-refractivity contribution in [3.63, 3.8) is 0 Å². The zero-order chi connectivity index (χ0) is 13.8. The van der Waals surface area contributed by atoms with Gasteiger partial charge in [0.25, 0.3) is 0 Å². The van der Waals surface area contributed by atoms with E-state index in [9.17, 15) is 0 Å². The first-order chi connectivity index (χ1) is 9.85. The van der Waals surface area contributed by atoms with Crippen molar-refractivity contribution in [3.05, 3.63) is 0 Å². The van der Waals surface area contributed by atoms with E-state index < -0.39 is 0 Å². The number of fused-ring (bicyclic) bond motifs is 1. The van der Waals surface area contributed by atoms with E-state index in [0.29, 0.717) is 6.10 Å². The van der Waals surface area contributed by atoms with Gasteiger partial charge in [-0.3, -0.25) is 0 Å². The second-order valence-corrected chi connectivity index (χ2v) is 7.05. The van der Waals surface area contributed by atoms with Gasteiger partial charge in [0.1, 0.15) is 0 Å². The second-order valence-electron chi connectivity index (χ2n) is 7.05. The highest BCUT2D eigenvalue weighted by Crippen LogP contribution is 2.32. The van der Waals surface area contributed by atoms with Gasteiger partial charge in [0.2, 0.25) is 0 Å². The molecule has 2 heterocycles. The Morgan fingerprint density at radius 2 is 1.80 bits per heavy atom. The zero-order valence-electron chi connectivity index (χ0n) is 13.2. The molecule has 0 aromatic rings. The van der Waals surface area contributed by atoms with Crippen LogP contribution in [-0.2, 0) is 4.74 Å². The SMILES string of the molecule is CCOC1CCN(CC2CCC3CCCCC3N2)CC1. The molecule has 0 spiro atoms. The molecule has 1 N–H and O–H groups in total. The number of ether oxygens (including phenoxy) is 1. The molecule has 116 valence electrons. The van der Waals surface area contributed by atoms with Crippen molar-refractivity contribution in [2.45, 2.75) is 76.5 Å². The van der Waals surface area contributed by atoms with E-state index >= 15 is 0 Å². The van der Waals surface area contributed by atoms with Gasteiger partial charge < -0.3 is 15.0 Å². The van der Waals surface area contributed by atoms with Gasteiger partial charge in [-0.1, -0.05) is 12.8 Å². The van der Waals surface area contributed by atoms with Crippen molar-refractivity contribution in [1.29, 1.82) is 0 Å². The first kappa shape index (κ1) is 14.8. The molecule has 3 rings (SSSR count). The summed E-state index contributed by atoms with van der Waals surface area (Å²) >= 11 is 0. The van der Waals surface area contributed by atoms with Crippen molar-refractivity contribution >= 4 is 0 Å². The molecule has 0 bridgehead atoms. The molecule has 1 saturated carbocycles. The van der Waals surface area contributed by atoms with Crippen LogP contribution in [0.2, 0.25) is 0 Å². The van der Waals surface area contributed by atoms with E-state index in [0.717, 1.165) is 24.6 Å². The monoisotopic (exact) mass is 280 g/mol. The first-order valence-corrected chi connectivity index (χ1v) is 8.95. The number of hydrogen-bond acceptors (Lipinski definition) is 3. The molecule has 3 nitrogen and oxygen atoms in total. The predicted molar refractivity (Wildman–Crippen MR) is 83.0 cm³/mol. The van der Waals surface area contributed by atoms with Crippen molar-refractivity contribution in [3.8, 4) is 0 Å². The fourth-order valence-electron chi connectivity index (χ4n) is 4.52. The summed E-state index contributed by atoms with van der Waals surface area (Å²) in [6, 6.07) is 1.58. The molecular weight excluding hydrogens is 248 g/mol. The largest absolute Gasteiger partial charge is 0.378 e. The zero-order valence-corrected chi connectivity index (χ0v) is 13.2. The molecule has 3 unspecified atom stereocenters. The van der Waals surface area contributed by atoms with E-state index in [-0.39, 0.29) is 0 Å². The van der Waals surface area contributed by atoms with Crippen LogP contribution in [0.3, 0.4) is 0 Å². The molecule has 0 aromatic heterocycles. The standard InChI is InChI=1S/C17H32N2O/c1-2-20-16-9-11-19(12-10-16)13-15-8-7-14-5-3-4-6-17(14)18-15/h14-18H,2-13H2,1H3. The van der Waals surface area contributed by atoms with Gasteiger partial charge >= 0.3 is 0 Å². The summed E-state index contributed by atoms with van der Waals surface area (Å²) in [5.74, 6) is 0.990. The normalized spacial score (nSPS) is 36.8. The van der Waals surface area contributed by atoms with E-state index in [2.05, 4.69) is 17.1 Å². The fraction of sp³-hybridized carbons (Fsp3) is 1.00. The minimum atomic E-state index is 0.526. The number of likely N-dealkylation sites (tertiary alicyclic amines) is 1. The quantitative estimate of drug-likeness (QED) is 0.857. The van der Waals surface area contributed by atoms with Crippen LogP contribution in [0, 0.1) is 5.92 Å². The van der Waals surface area contributed by atoms with Gasteiger partial charge in [0.15, 0.2) is 0 Å². The molecule has 20 heavy (non-hydrogen) atoms. The molecule has 1 aliphatic carbocycles. The highest BCUT2D eigenvalue weighted by atomic mass is 16.5. The Labute approximate surface area is 124 Å². The molecule has 2 aliphatic heterocycles. The maximum atomic E-state index is 5.75. The van der Waals surface area contributed by atoms with Crippen LogP contribution in [0.4, 0.5) is 0 Å². The van der Waals surface area contributed by atoms with Crippen molar-refractivity contribution < 1.29 is 4.74 Å². The van der Waals surface area contributed by atoms with Gasteiger partial charge in [-0.15, -0.1) is 0 Å². The molecule has 3 fully saturated rings. The van der Waals surface area contributed by atoms with Crippen molar-refractivity contribution in [1.82, 2.24) is 10.2 Å². The first-order valence-electron chi connectivity index (χ1n) is 8.95. The number of nitrogens with one attached hydrogen (secondary N) is 1. The molecule has 2 saturated heterocycles. The van der Waals surface area contributed by atoms with Crippen LogP contribution < -0.4 is 5.32 Å². The Morgan fingerprint density at radius 1 is 1.00 bits per heavy atom. The van der Waals surface area contributed by atoms with Crippen molar-refractivity contribution in [2.75, 3.05) is 26.2 Å². The summed E-state index contributed by atoms with van der Waals surface area (Å²) in [4.78, 5) is 2.66. The highest BCUT2D eigenvalue weighted by Gasteiger charge is 2.32. The maximum Gasteiger partial charge on any atom is 0.0599 e. The van der Waals surface area contributed by atoms with E-state index in [1.54, 1.807) is 0 Å². The lowest BCUT2D eigenvalue weighted by molar-refractivity contribution is 0.0101. The van der Waals surface area contributed by atoms with Crippen LogP contribution >= 0.6 is 0 Å². The molecule has 0 radical (unpaired) electrons. The third-order valence-corrected chi connectivity index (χ3v) is 5.66. The predicted octanol–water partition coefficient (Wildman–Crippen LogP) is 2.80. The molecule has 0 aromatic carbocycles. The number of nitrogens with zero attached hydrogens (tertiary/aromatic N) is 1. The maximum absolute atomic E-state index is 5.75. The number of piperidine rings is 2. The minimum Gasteiger partial charge on any atom is -0.378 e. The lowest BCUT2D eigenvalue weighted by Gasteiger charge is -2.43. The summed E-state index contributed by atoms with van der Waals surface area (Å²) in [6.07, 6.45) is 11.7. The van der Waals surface area contributed by atoms with Gasteiger partial charge in [0, 0.05) is 38.3 Å². The lowest BCUT2D eigenvalue weighted by Crippen LogP contribution is -2.54. The average molecular weight is 280 g/mol. The molecule has 0 amide bonds. The van der Waals surface area contributed by atoms with E-state index in [4.69, 9.17) is 4.74 Å². The highest BCUT2D eigenvalue weighted by molar-refractivity contribution is 4.90. The Hall–Kier alpha value is -0.120. The molecule has 3 aliphatic rings. The summed E-state index contributed by atoms with van der Waals surface area (Å²) in [5.41, 5.74) is 0. The smallest absolute Gasteiger partial charge is 0.0599 e. The molecule has 3 heteroatoms. The van der Waals surface area contributed by atoms with Gasteiger partial charge in [-0.2, -0.15) is 0 Å². The topological polar surface area (TPSA) is 24.5 Å². The van der Waals surface area contributed by atoms with Crippen molar-refractivity contribution in [2.24, 2.45) is 5.92 Å². The molecule has 3 atom stereocenters. The second kappa shape index (κ2) is 7.24. The number of hydrogen-bond donors (Lipinski definition) is 1. The molecular formula is C17H32N2O. The Kier molecular flexibility index (Phi) is 5.36. The lowest BCUT2D eigenvalue weighted by atomic mass is 9.77. The van der Waals surface area contributed by atoms with Gasteiger partial charge in [-0.25, -0.2) is 0 Å². The van der Waals surface area contributed by atoms with Crippen LogP contribution in [0.5, 0.6) is 0 Å². The average Bonchev–Trinajstić information content (AvgIpc) is 2.49. The van der Waals surface area contributed by atoms with Crippen LogP contribution in [0.25, 0.3) is 0 Å². The van der Waals surface area contributed by atoms with Crippen LogP contribution in [0.15, 0.2) is 0 Å². The van der Waals surface area contributed by atoms with E-state index in [1.807, 2.05) is 0 Å². The summed E-state index contributed by atoms with van der Waals surface area (Å²) in [7, 11) is 0. The van der Waals surface area contributed by atoms with E-state index in [1.165, 1.54) is 71.0 Å². The Balaban J connectivity index is 1.40. The Morgan fingerprint density at radius 3 is 2.60 bits per heavy atom. The van der Waals surface area contributed by atoms with Gasteiger partial charge in [0.05, 0.1) is 6.10 Å². The van der Waals surface area contributed by atoms with Crippen LogP contribution in [0.1, 0.15) is 58.3 Å². The third-order valence-electron chi connectivity index (χ3n) is 5.66. The summed E-state index contributed by atoms with van der Waals surface area (Å²) in [5, 5.41) is 3.97. The summed E-state index contributed by atoms with van der Waals surface area (Å²) < 4.78 is 5.75. The summed E-state index contributed by atoms with van der Waals surface area (Å²) in [6.45, 7) is 6.72. The third kappa shape index (κ3) is 3.75. The fourth-order valence-corrected chi connectivity index (χ4v) is 4.52. The Bertz CT molecular complexity index is 289. The minimum absolute atomic E-state index is 0.526. The van der Waals surface area contributed by atoms with Crippen LogP contribution in [-0.4, -0.2) is 49.3 Å². The van der Waals surface area contributed by atoms with Gasteiger partial charge in [-0.05, 0) is 51.4 Å². The number of rotatable bonds is 4.